The summed E-state index contributed by atoms with van der Waals surface area (Å²) in [5.41, 5.74) is 2.54. The summed E-state index contributed by atoms with van der Waals surface area (Å²) in [6.45, 7) is 5.89. The molecule has 2 aliphatic rings. The maximum Gasteiger partial charge on any atom is 0.108 e. The molecule has 0 aromatic carbocycles. The minimum absolute atomic E-state index is 0.0598. The molecule has 1 spiro atoms. The van der Waals surface area contributed by atoms with Crippen molar-refractivity contribution in [1.29, 1.82) is 0 Å². The molecule has 19 heavy (non-hydrogen) atoms. The molecule has 1 aromatic heterocycles. The van der Waals surface area contributed by atoms with Gasteiger partial charge in [-0.1, -0.05) is 0 Å². The lowest BCUT2D eigenvalue weighted by Gasteiger charge is -2.28. The molecule has 0 aliphatic carbocycles. The third-order valence-electron chi connectivity index (χ3n) is 4.45. The summed E-state index contributed by atoms with van der Waals surface area (Å²) in [6.07, 6.45) is 6.28. The molecule has 0 N–H and O–H groups in total. The van der Waals surface area contributed by atoms with E-state index >= 15 is 0 Å². The van der Waals surface area contributed by atoms with Crippen molar-refractivity contribution in [3.8, 4) is 0 Å². The third-order valence-corrected chi connectivity index (χ3v) is 4.45. The quantitative estimate of drug-likeness (QED) is 0.831. The summed E-state index contributed by atoms with van der Waals surface area (Å²) in [5, 5.41) is 0. The van der Waals surface area contributed by atoms with Gasteiger partial charge in [0.15, 0.2) is 0 Å². The van der Waals surface area contributed by atoms with Gasteiger partial charge in [0.05, 0.1) is 6.10 Å². The number of hydrogen-bond acceptors (Lipinski definition) is 4. The van der Waals surface area contributed by atoms with Crippen LogP contribution in [0.3, 0.4) is 0 Å². The molecule has 0 saturated carbocycles. The van der Waals surface area contributed by atoms with Crippen LogP contribution in [0.4, 0.5) is 0 Å². The largest absolute Gasteiger partial charge is 0.377 e. The highest BCUT2D eigenvalue weighted by Crippen LogP contribution is 2.37. The zero-order valence-electron chi connectivity index (χ0n) is 11.8. The predicted molar refractivity (Wildman–Crippen MR) is 73.0 cm³/mol. The molecule has 1 aromatic rings. The normalized spacial score (nSPS) is 31.4. The van der Waals surface area contributed by atoms with Crippen molar-refractivity contribution in [3.63, 3.8) is 0 Å². The molecule has 2 atom stereocenters. The van der Waals surface area contributed by atoms with Crippen molar-refractivity contribution in [2.45, 2.75) is 38.0 Å². The van der Waals surface area contributed by atoms with Crippen molar-refractivity contribution in [1.82, 2.24) is 9.88 Å². The molecule has 0 amide bonds. The molecule has 2 fully saturated rings. The predicted octanol–water partition coefficient (Wildman–Crippen LogP) is 1.77. The Balaban J connectivity index is 1.72. The first-order valence-corrected chi connectivity index (χ1v) is 7.02. The molecular weight excluding hydrogens is 240 g/mol. The van der Waals surface area contributed by atoms with Crippen LogP contribution in [0.2, 0.25) is 0 Å². The Hall–Kier alpha value is -0.970. The fraction of sp³-hybridized carbons (Fsp3) is 0.667. The molecule has 3 heterocycles. The van der Waals surface area contributed by atoms with Gasteiger partial charge in [0.1, 0.15) is 5.60 Å². The van der Waals surface area contributed by atoms with Crippen molar-refractivity contribution >= 4 is 0 Å². The maximum atomic E-state index is 6.02. The van der Waals surface area contributed by atoms with Gasteiger partial charge in [-0.05, 0) is 37.0 Å². The molecular formula is C15H22N2O2. The highest BCUT2D eigenvalue weighted by molar-refractivity contribution is 5.22. The number of methoxy groups -OCH3 is 1. The monoisotopic (exact) mass is 262 g/mol. The van der Waals surface area contributed by atoms with E-state index in [-0.39, 0.29) is 11.7 Å². The molecule has 4 heteroatoms. The van der Waals surface area contributed by atoms with Crippen LogP contribution in [-0.4, -0.2) is 48.4 Å². The van der Waals surface area contributed by atoms with E-state index in [2.05, 4.69) is 22.9 Å². The molecule has 3 rings (SSSR count). The number of likely N-dealkylation sites (tertiary alicyclic amines) is 1. The highest BCUT2D eigenvalue weighted by Gasteiger charge is 2.49. The number of ether oxygens (including phenoxy) is 2. The zero-order chi connectivity index (χ0) is 13.3. The second kappa shape index (κ2) is 5.19. The van der Waals surface area contributed by atoms with Crippen molar-refractivity contribution in [2.75, 3.05) is 26.8 Å². The smallest absolute Gasteiger partial charge is 0.108 e. The fourth-order valence-corrected chi connectivity index (χ4v) is 3.37. The SMILES string of the molecule is CO[C@H]1CN(Cc2ccncc2C)C[C@@]12CCCO2. The molecule has 4 nitrogen and oxygen atoms in total. The van der Waals surface area contributed by atoms with Crippen LogP contribution in [0, 0.1) is 6.92 Å². The van der Waals surface area contributed by atoms with Crippen LogP contribution in [0.5, 0.6) is 0 Å². The Bertz CT molecular complexity index is 444. The van der Waals surface area contributed by atoms with E-state index in [0.717, 1.165) is 39.1 Å². The third kappa shape index (κ3) is 2.40. The minimum atomic E-state index is -0.0598. The second-order valence-corrected chi connectivity index (χ2v) is 5.71. The number of aromatic nitrogens is 1. The second-order valence-electron chi connectivity index (χ2n) is 5.71. The first-order chi connectivity index (χ1) is 9.23. The van der Waals surface area contributed by atoms with Gasteiger partial charge in [0, 0.05) is 45.7 Å². The Kier molecular flexibility index (Phi) is 3.56. The first-order valence-electron chi connectivity index (χ1n) is 7.02. The van der Waals surface area contributed by atoms with Crippen molar-refractivity contribution in [3.05, 3.63) is 29.6 Å². The molecule has 104 valence electrons. The van der Waals surface area contributed by atoms with Crippen molar-refractivity contribution in [2.24, 2.45) is 0 Å². The van der Waals surface area contributed by atoms with E-state index in [1.54, 1.807) is 7.11 Å². The Morgan fingerprint density at radius 2 is 2.47 bits per heavy atom. The lowest BCUT2D eigenvalue weighted by molar-refractivity contribution is -0.0756. The standard InChI is InChI=1S/C15H22N2O2/c1-12-8-16-6-4-13(12)9-17-10-14(18-2)15(11-17)5-3-7-19-15/h4,6,8,14H,3,5,7,9-11H2,1-2H3/t14-,15-/m0/s1. The highest BCUT2D eigenvalue weighted by atomic mass is 16.6. The van der Waals surface area contributed by atoms with E-state index < -0.39 is 0 Å². The Morgan fingerprint density at radius 3 is 3.16 bits per heavy atom. The Morgan fingerprint density at radius 1 is 1.58 bits per heavy atom. The lowest BCUT2D eigenvalue weighted by Crippen LogP contribution is -2.41. The summed E-state index contributed by atoms with van der Waals surface area (Å²) in [7, 11) is 1.80. The lowest BCUT2D eigenvalue weighted by atomic mass is 9.96. The van der Waals surface area contributed by atoms with Crippen LogP contribution in [-0.2, 0) is 16.0 Å². The average molecular weight is 262 g/mol. The number of rotatable bonds is 3. The molecule has 0 radical (unpaired) electrons. The van der Waals surface area contributed by atoms with Crippen molar-refractivity contribution < 1.29 is 9.47 Å². The van der Waals surface area contributed by atoms with Gasteiger partial charge in [-0.2, -0.15) is 0 Å². The fourth-order valence-electron chi connectivity index (χ4n) is 3.37. The van der Waals surface area contributed by atoms with Gasteiger partial charge in [-0.25, -0.2) is 0 Å². The average Bonchev–Trinajstić information content (AvgIpc) is 3.01. The van der Waals surface area contributed by atoms with Crippen LogP contribution in [0.1, 0.15) is 24.0 Å². The van der Waals surface area contributed by atoms with E-state index in [9.17, 15) is 0 Å². The first kappa shape index (κ1) is 13.0. The number of hydrogen-bond donors (Lipinski definition) is 0. The van der Waals surface area contributed by atoms with E-state index in [0.29, 0.717) is 0 Å². The summed E-state index contributed by atoms with van der Waals surface area (Å²) >= 11 is 0. The van der Waals surface area contributed by atoms with Crippen LogP contribution in [0.15, 0.2) is 18.5 Å². The summed E-state index contributed by atoms with van der Waals surface area (Å²) in [5.74, 6) is 0. The molecule has 2 aliphatic heterocycles. The Labute approximate surface area is 114 Å². The van der Waals surface area contributed by atoms with Crippen LogP contribution >= 0.6 is 0 Å². The summed E-state index contributed by atoms with van der Waals surface area (Å²) < 4.78 is 11.7. The van der Waals surface area contributed by atoms with E-state index in [1.165, 1.54) is 11.1 Å². The van der Waals surface area contributed by atoms with E-state index in [4.69, 9.17) is 9.47 Å². The van der Waals surface area contributed by atoms with E-state index in [1.807, 2.05) is 12.4 Å². The number of nitrogens with zero attached hydrogens (tertiary/aromatic N) is 2. The summed E-state index contributed by atoms with van der Waals surface area (Å²) in [4.78, 5) is 6.60. The van der Waals surface area contributed by atoms with Gasteiger partial charge in [0.25, 0.3) is 0 Å². The molecule has 0 unspecified atom stereocenters. The van der Waals surface area contributed by atoms with Gasteiger partial charge in [-0.15, -0.1) is 0 Å². The zero-order valence-corrected chi connectivity index (χ0v) is 11.8. The van der Waals surface area contributed by atoms with Gasteiger partial charge < -0.3 is 9.47 Å². The number of aryl methyl sites for hydroxylation is 1. The van der Waals surface area contributed by atoms with Crippen LogP contribution < -0.4 is 0 Å². The van der Waals surface area contributed by atoms with Crippen LogP contribution in [0.25, 0.3) is 0 Å². The van der Waals surface area contributed by atoms with Gasteiger partial charge in [0.2, 0.25) is 0 Å². The maximum absolute atomic E-state index is 6.02. The summed E-state index contributed by atoms with van der Waals surface area (Å²) in [6, 6.07) is 2.11. The van der Waals surface area contributed by atoms with Gasteiger partial charge >= 0.3 is 0 Å². The molecule has 0 bridgehead atoms. The topological polar surface area (TPSA) is 34.6 Å². The number of pyridine rings is 1. The minimum Gasteiger partial charge on any atom is -0.377 e. The molecule has 2 saturated heterocycles. The van der Waals surface area contributed by atoms with Gasteiger partial charge in [-0.3, -0.25) is 9.88 Å².